The molecule has 1 rings (SSSR count). The molecule has 0 saturated carbocycles. The Morgan fingerprint density at radius 1 is 1.30 bits per heavy atom. The molecule has 1 aromatic rings. The Kier molecular flexibility index (Phi) is 6.45. The monoisotopic (exact) mass is 492 g/mol. The number of carboxylic acids is 1. The number of carbonyl (C=O) groups is 1. The second kappa shape index (κ2) is 7.21. The maximum absolute atomic E-state index is 12.1. The summed E-state index contributed by atoms with van der Waals surface area (Å²) in [5.41, 5.74) is 0.343. The minimum Gasteiger partial charge on any atom is -0.481 e. The van der Waals surface area contributed by atoms with E-state index >= 15 is 0 Å². The molecule has 0 atom stereocenters. The summed E-state index contributed by atoms with van der Waals surface area (Å²) in [6.45, 7) is -0.115. The van der Waals surface area contributed by atoms with Gasteiger partial charge in [0.2, 0.25) is 0 Å². The average molecular weight is 495 g/mol. The summed E-state index contributed by atoms with van der Waals surface area (Å²) in [5.74, 6) is -1.06. The number of hydrogen-bond acceptors (Lipinski definition) is 3. The Morgan fingerprint density at radius 2 is 1.80 bits per heavy atom. The second-order valence-corrected chi connectivity index (χ2v) is 8.22. The Bertz CT molecular complexity index is 598. The highest BCUT2D eigenvalue weighted by Gasteiger charge is 2.21. The smallest absolute Gasteiger partial charge is 0.304 e. The zero-order chi connectivity index (χ0) is 15.5. The largest absolute Gasteiger partial charge is 0.481 e. The van der Waals surface area contributed by atoms with Crippen LogP contribution in [0.15, 0.2) is 25.6 Å². The second-order valence-electron chi connectivity index (χ2n) is 3.82. The van der Waals surface area contributed by atoms with Crippen molar-refractivity contribution >= 4 is 69.7 Å². The summed E-state index contributed by atoms with van der Waals surface area (Å²) in [7, 11) is -2.51. The zero-order valence-corrected chi connectivity index (χ0v) is 15.8. The summed E-state index contributed by atoms with van der Waals surface area (Å²) in [6.07, 6.45) is -0.264. The minimum atomic E-state index is -3.82. The first-order valence-electron chi connectivity index (χ1n) is 5.24. The van der Waals surface area contributed by atoms with E-state index in [1.165, 1.54) is 7.05 Å². The number of anilines is 1. The van der Waals surface area contributed by atoms with Crippen LogP contribution in [0.1, 0.15) is 6.42 Å². The summed E-state index contributed by atoms with van der Waals surface area (Å²) in [4.78, 5) is 10.5. The quantitative estimate of drug-likeness (QED) is 0.636. The van der Waals surface area contributed by atoms with Crippen LogP contribution in [-0.4, -0.2) is 37.4 Å². The van der Waals surface area contributed by atoms with Crippen LogP contribution in [0, 0.1) is 0 Å². The summed E-state index contributed by atoms with van der Waals surface area (Å²) in [5, 5.41) is 8.57. The van der Waals surface area contributed by atoms with E-state index in [-0.39, 0.29) is 13.0 Å². The Morgan fingerprint density at radius 3 is 2.25 bits per heavy atom. The lowest BCUT2D eigenvalue weighted by Gasteiger charge is -2.19. The molecule has 20 heavy (non-hydrogen) atoms. The van der Waals surface area contributed by atoms with E-state index in [2.05, 4.69) is 52.5 Å². The van der Waals surface area contributed by atoms with Crippen LogP contribution in [-0.2, 0) is 15.0 Å². The number of nitrogens with zero attached hydrogens (tertiary/aromatic N) is 1. The summed E-state index contributed by atoms with van der Waals surface area (Å²) >= 11 is 9.81. The van der Waals surface area contributed by atoms with Gasteiger partial charge < -0.3 is 5.11 Å². The highest BCUT2D eigenvalue weighted by Crippen LogP contribution is 2.35. The van der Waals surface area contributed by atoms with Gasteiger partial charge in [-0.3, -0.25) is 9.52 Å². The SMILES string of the molecule is CN(CCC(=O)O)S(=O)(=O)Nc1c(Br)cc(Br)cc1Br. The van der Waals surface area contributed by atoms with Crippen molar-refractivity contribution < 1.29 is 18.3 Å². The summed E-state index contributed by atoms with van der Waals surface area (Å²) < 4.78 is 29.4. The van der Waals surface area contributed by atoms with Gasteiger partial charge in [-0.1, -0.05) is 15.9 Å². The fourth-order valence-corrected chi connectivity index (χ4v) is 4.90. The van der Waals surface area contributed by atoms with E-state index in [1.807, 2.05) is 0 Å². The van der Waals surface area contributed by atoms with E-state index in [1.54, 1.807) is 12.1 Å². The number of carboxylic acid groups (broad SMARTS) is 1. The van der Waals surface area contributed by atoms with Gasteiger partial charge in [-0.05, 0) is 44.0 Å². The lowest BCUT2D eigenvalue weighted by atomic mass is 10.3. The van der Waals surface area contributed by atoms with Crippen molar-refractivity contribution in [3.63, 3.8) is 0 Å². The van der Waals surface area contributed by atoms with Gasteiger partial charge in [0.25, 0.3) is 0 Å². The van der Waals surface area contributed by atoms with Crippen molar-refractivity contribution in [3.05, 3.63) is 25.6 Å². The van der Waals surface area contributed by atoms with E-state index in [9.17, 15) is 13.2 Å². The maximum Gasteiger partial charge on any atom is 0.304 e. The Hall–Kier alpha value is -0.160. The number of aliphatic carboxylic acids is 1. The normalized spacial score (nSPS) is 11.7. The van der Waals surface area contributed by atoms with Crippen molar-refractivity contribution in [3.8, 4) is 0 Å². The van der Waals surface area contributed by atoms with Crippen molar-refractivity contribution in [2.24, 2.45) is 0 Å². The third kappa shape index (κ3) is 4.99. The van der Waals surface area contributed by atoms with Crippen LogP contribution in [0.25, 0.3) is 0 Å². The topological polar surface area (TPSA) is 86.7 Å². The van der Waals surface area contributed by atoms with Gasteiger partial charge in [0.1, 0.15) is 0 Å². The molecule has 6 nitrogen and oxygen atoms in total. The van der Waals surface area contributed by atoms with E-state index in [0.717, 1.165) is 8.78 Å². The molecule has 10 heteroatoms. The van der Waals surface area contributed by atoms with Crippen LogP contribution in [0.2, 0.25) is 0 Å². The molecule has 0 bridgehead atoms. The number of hydrogen-bond donors (Lipinski definition) is 2. The molecule has 1 aromatic carbocycles. The molecule has 0 unspecified atom stereocenters. The Balaban J connectivity index is 2.94. The van der Waals surface area contributed by atoms with Crippen LogP contribution < -0.4 is 4.72 Å². The predicted molar refractivity (Wildman–Crippen MR) is 87.0 cm³/mol. The summed E-state index contributed by atoms with van der Waals surface area (Å²) in [6, 6.07) is 3.39. The molecule has 2 N–H and O–H groups in total. The third-order valence-electron chi connectivity index (χ3n) is 2.29. The zero-order valence-electron chi connectivity index (χ0n) is 10.2. The van der Waals surface area contributed by atoms with Gasteiger partial charge in [0.05, 0.1) is 12.1 Å². The fraction of sp³-hybridized carbons (Fsp3) is 0.300. The molecule has 0 aliphatic rings. The third-order valence-corrected chi connectivity index (χ3v) is 5.46. The Labute approximate surface area is 142 Å². The number of benzene rings is 1. The highest BCUT2D eigenvalue weighted by molar-refractivity contribution is 9.11. The molecule has 112 valence electrons. The van der Waals surface area contributed by atoms with Crippen molar-refractivity contribution in [2.45, 2.75) is 6.42 Å². The van der Waals surface area contributed by atoms with E-state index in [4.69, 9.17) is 5.11 Å². The number of rotatable bonds is 6. The first-order valence-corrected chi connectivity index (χ1v) is 9.06. The van der Waals surface area contributed by atoms with E-state index < -0.39 is 16.2 Å². The molecule has 0 spiro atoms. The van der Waals surface area contributed by atoms with E-state index in [0.29, 0.717) is 14.6 Å². The first-order chi connectivity index (χ1) is 9.13. The van der Waals surface area contributed by atoms with Crippen molar-refractivity contribution in [1.82, 2.24) is 4.31 Å². The van der Waals surface area contributed by atoms with Gasteiger partial charge in [0.15, 0.2) is 0 Å². The molecule has 0 fully saturated rings. The molecule has 0 aliphatic heterocycles. The van der Waals surface area contributed by atoms with Gasteiger partial charge in [-0.2, -0.15) is 12.7 Å². The minimum absolute atomic E-state index is 0.115. The standard InChI is InChI=1S/C10H11Br3N2O4S/c1-15(3-2-9(16)17)20(18,19)14-10-7(12)4-6(11)5-8(10)13/h4-5,14H,2-3H2,1H3,(H,16,17). The van der Waals surface area contributed by atoms with Gasteiger partial charge in [0, 0.05) is 27.0 Å². The van der Waals surface area contributed by atoms with Crippen LogP contribution in [0.4, 0.5) is 5.69 Å². The maximum atomic E-state index is 12.1. The molecule has 0 amide bonds. The number of halogens is 3. The highest BCUT2D eigenvalue weighted by atomic mass is 79.9. The average Bonchev–Trinajstić information content (AvgIpc) is 2.30. The lowest BCUT2D eigenvalue weighted by Crippen LogP contribution is -2.34. The first kappa shape index (κ1) is 17.9. The van der Waals surface area contributed by atoms with Crippen molar-refractivity contribution in [2.75, 3.05) is 18.3 Å². The molecular formula is C10H11Br3N2O4S. The number of nitrogens with one attached hydrogen (secondary N) is 1. The van der Waals surface area contributed by atoms with Crippen LogP contribution in [0.5, 0.6) is 0 Å². The molecule has 0 heterocycles. The fourth-order valence-electron chi connectivity index (χ4n) is 1.22. The van der Waals surface area contributed by atoms with Crippen LogP contribution in [0.3, 0.4) is 0 Å². The molecule has 0 aliphatic carbocycles. The lowest BCUT2D eigenvalue weighted by molar-refractivity contribution is -0.137. The van der Waals surface area contributed by atoms with Gasteiger partial charge in [-0.15, -0.1) is 0 Å². The molecule has 0 aromatic heterocycles. The van der Waals surface area contributed by atoms with Gasteiger partial charge >= 0.3 is 16.2 Å². The van der Waals surface area contributed by atoms with Crippen molar-refractivity contribution in [1.29, 1.82) is 0 Å². The van der Waals surface area contributed by atoms with Crippen LogP contribution >= 0.6 is 47.8 Å². The molecule has 0 saturated heterocycles. The predicted octanol–water partition coefficient (Wildman–Crippen LogP) is 3.04. The van der Waals surface area contributed by atoms with Gasteiger partial charge in [-0.25, -0.2) is 0 Å². The molecule has 0 radical (unpaired) electrons. The molecular weight excluding hydrogens is 484 g/mol.